The fourth-order valence-corrected chi connectivity index (χ4v) is 3.34. The van der Waals surface area contributed by atoms with Gasteiger partial charge in [0.2, 0.25) is 0 Å². The number of para-hydroxylation sites is 1. The van der Waals surface area contributed by atoms with Crippen molar-refractivity contribution in [2.45, 2.75) is 25.9 Å². The van der Waals surface area contributed by atoms with Gasteiger partial charge in [-0.1, -0.05) is 30.4 Å². The normalized spacial score (nSPS) is 18.3. The largest absolute Gasteiger partial charge is 0.494 e. The van der Waals surface area contributed by atoms with Crippen molar-refractivity contribution in [2.24, 2.45) is 0 Å². The van der Waals surface area contributed by atoms with Crippen molar-refractivity contribution in [2.75, 3.05) is 18.1 Å². The summed E-state index contributed by atoms with van der Waals surface area (Å²) in [7, 11) is 0. The van der Waals surface area contributed by atoms with Crippen molar-refractivity contribution in [3.63, 3.8) is 0 Å². The Morgan fingerprint density at radius 3 is 2.48 bits per heavy atom. The highest BCUT2D eigenvalue weighted by Crippen LogP contribution is 2.43. The summed E-state index contributed by atoms with van der Waals surface area (Å²) in [6.07, 6.45) is -0.316. The molecule has 2 aromatic carbocycles. The summed E-state index contributed by atoms with van der Waals surface area (Å²) in [5.74, 6) is -0.130. The van der Waals surface area contributed by atoms with E-state index in [0.29, 0.717) is 35.7 Å². The predicted octanol–water partition coefficient (Wildman–Crippen LogP) is 3.47. The Kier molecular flexibility index (Phi) is 5.15. The smallest absolute Gasteiger partial charge is 0.264 e. The molecule has 0 spiro atoms. The monoisotopic (exact) mass is 365 g/mol. The zero-order chi connectivity index (χ0) is 19.6. The Hall–Kier alpha value is -2.92. The van der Waals surface area contributed by atoms with Crippen molar-refractivity contribution in [3.8, 4) is 5.75 Å². The quantitative estimate of drug-likeness (QED) is 0.603. The van der Waals surface area contributed by atoms with Gasteiger partial charge in [0.1, 0.15) is 5.75 Å². The molecule has 1 aliphatic rings. The van der Waals surface area contributed by atoms with Gasteiger partial charge >= 0.3 is 0 Å². The van der Waals surface area contributed by atoms with Gasteiger partial charge < -0.3 is 14.7 Å². The van der Waals surface area contributed by atoms with Crippen LogP contribution in [0.1, 0.15) is 36.2 Å². The lowest BCUT2D eigenvalue weighted by atomic mass is 9.88. The number of Topliss-reactive ketones (excluding diaryl/α,β-unsaturated/α-hetero) is 1. The lowest BCUT2D eigenvalue weighted by Gasteiger charge is -2.23. The molecular formula is C22H23NO4. The van der Waals surface area contributed by atoms with E-state index in [9.17, 15) is 14.7 Å². The number of carbonyl (C=O) groups excluding carboxylic acids is 2. The molecule has 1 aliphatic heterocycles. The molecule has 0 aromatic heterocycles. The first-order valence-electron chi connectivity index (χ1n) is 8.91. The highest BCUT2D eigenvalue weighted by Gasteiger charge is 2.50. The van der Waals surface area contributed by atoms with Gasteiger partial charge in [-0.05, 0) is 44.2 Å². The Balaban J connectivity index is 1.89. The van der Waals surface area contributed by atoms with Crippen LogP contribution in [0.4, 0.5) is 5.69 Å². The number of ether oxygens (including phenoxy) is 1. The molecule has 2 aromatic rings. The maximum atomic E-state index is 13.0. The first kappa shape index (κ1) is 18.9. The van der Waals surface area contributed by atoms with Gasteiger partial charge in [-0.2, -0.15) is 0 Å². The molecule has 1 unspecified atom stereocenters. The highest BCUT2D eigenvalue weighted by molar-refractivity contribution is 6.11. The van der Waals surface area contributed by atoms with E-state index >= 15 is 0 Å². The van der Waals surface area contributed by atoms with Gasteiger partial charge in [0.05, 0.1) is 18.7 Å². The number of aliphatic hydroxyl groups is 1. The van der Waals surface area contributed by atoms with E-state index in [1.807, 2.05) is 13.8 Å². The van der Waals surface area contributed by atoms with Crippen molar-refractivity contribution in [3.05, 3.63) is 71.8 Å². The number of nitrogens with zero attached hydrogens (tertiary/aromatic N) is 1. The molecule has 1 heterocycles. The molecule has 0 saturated carbocycles. The summed E-state index contributed by atoms with van der Waals surface area (Å²) in [6, 6.07) is 13.7. The molecule has 140 valence electrons. The zero-order valence-electron chi connectivity index (χ0n) is 15.6. The number of fused-ring (bicyclic) bond motifs is 1. The second-order valence-electron chi connectivity index (χ2n) is 6.78. The number of ketones is 1. The lowest BCUT2D eigenvalue weighted by molar-refractivity contribution is -0.135. The van der Waals surface area contributed by atoms with Crippen molar-refractivity contribution < 1.29 is 19.4 Å². The molecule has 0 saturated heterocycles. The fourth-order valence-electron chi connectivity index (χ4n) is 3.34. The van der Waals surface area contributed by atoms with Crippen molar-refractivity contribution in [1.29, 1.82) is 0 Å². The molecule has 5 heteroatoms. The number of carbonyl (C=O) groups is 2. The fraction of sp³-hybridized carbons (Fsp3) is 0.273. The van der Waals surface area contributed by atoms with Crippen LogP contribution in [0.25, 0.3) is 0 Å². The van der Waals surface area contributed by atoms with E-state index in [-0.39, 0.29) is 12.2 Å². The Morgan fingerprint density at radius 1 is 1.19 bits per heavy atom. The van der Waals surface area contributed by atoms with E-state index in [2.05, 4.69) is 6.58 Å². The summed E-state index contributed by atoms with van der Waals surface area (Å²) < 4.78 is 5.38. The predicted molar refractivity (Wildman–Crippen MR) is 104 cm³/mol. The number of benzene rings is 2. The van der Waals surface area contributed by atoms with Crippen LogP contribution >= 0.6 is 0 Å². The number of hydrogen-bond acceptors (Lipinski definition) is 4. The molecule has 5 nitrogen and oxygen atoms in total. The Morgan fingerprint density at radius 2 is 1.85 bits per heavy atom. The summed E-state index contributed by atoms with van der Waals surface area (Å²) in [6.45, 7) is 8.39. The van der Waals surface area contributed by atoms with Crippen LogP contribution in [0.15, 0.2) is 60.7 Å². The first-order chi connectivity index (χ1) is 12.9. The standard InChI is InChI=1S/C22H23NO4/c1-4-27-17-11-9-16(10-12-17)20(24)13-22(26)18-7-5-6-8-19(18)23(21(22)25)14-15(2)3/h5-12,26H,2,4,13-14H2,1,3H3. The van der Waals surface area contributed by atoms with E-state index in [1.165, 1.54) is 4.90 Å². The summed E-state index contributed by atoms with van der Waals surface area (Å²) in [4.78, 5) is 27.2. The van der Waals surface area contributed by atoms with E-state index in [4.69, 9.17) is 4.74 Å². The number of rotatable bonds is 7. The van der Waals surface area contributed by atoms with Crippen LogP contribution < -0.4 is 9.64 Å². The van der Waals surface area contributed by atoms with Gasteiger partial charge in [-0.3, -0.25) is 9.59 Å². The third-order valence-corrected chi connectivity index (χ3v) is 4.57. The third-order valence-electron chi connectivity index (χ3n) is 4.57. The van der Waals surface area contributed by atoms with Gasteiger partial charge in [0.25, 0.3) is 5.91 Å². The molecule has 0 radical (unpaired) electrons. The molecule has 1 amide bonds. The topological polar surface area (TPSA) is 66.8 Å². The molecule has 0 aliphatic carbocycles. The number of amides is 1. The van der Waals surface area contributed by atoms with Crippen LogP contribution in [0.2, 0.25) is 0 Å². The minimum absolute atomic E-state index is 0.301. The van der Waals surface area contributed by atoms with Crippen molar-refractivity contribution in [1.82, 2.24) is 0 Å². The molecule has 1 atom stereocenters. The molecule has 1 N–H and O–H groups in total. The van der Waals surface area contributed by atoms with Gasteiger partial charge in [-0.15, -0.1) is 0 Å². The molecule has 3 rings (SSSR count). The molecule has 0 fully saturated rings. The van der Waals surface area contributed by atoms with Crippen molar-refractivity contribution >= 4 is 17.4 Å². The average Bonchev–Trinajstić information content (AvgIpc) is 2.84. The average molecular weight is 365 g/mol. The summed E-state index contributed by atoms with van der Waals surface area (Å²) in [5, 5.41) is 11.2. The van der Waals surface area contributed by atoms with Crippen LogP contribution in [-0.2, 0) is 10.4 Å². The SMILES string of the molecule is C=C(C)CN1C(=O)C(O)(CC(=O)c2ccc(OCC)cc2)c2ccccc21. The Labute approximate surface area is 158 Å². The highest BCUT2D eigenvalue weighted by atomic mass is 16.5. The maximum absolute atomic E-state index is 13.0. The Bertz CT molecular complexity index is 887. The lowest BCUT2D eigenvalue weighted by Crippen LogP contribution is -2.42. The van der Waals surface area contributed by atoms with E-state index < -0.39 is 11.5 Å². The van der Waals surface area contributed by atoms with Crippen LogP contribution in [0.5, 0.6) is 5.75 Å². The molecule has 27 heavy (non-hydrogen) atoms. The minimum atomic E-state index is -1.87. The maximum Gasteiger partial charge on any atom is 0.264 e. The third kappa shape index (κ3) is 3.51. The summed E-state index contributed by atoms with van der Waals surface area (Å²) >= 11 is 0. The van der Waals surface area contributed by atoms with E-state index in [0.717, 1.165) is 5.57 Å². The number of hydrogen-bond donors (Lipinski definition) is 1. The molecular weight excluding hydrogens is 342 g/mol. The van der Waals surface area contributed by atoms with Gasteiger partial charge in [-0.25, -0.2) is 0 Å². The van der Waals surface area contributed by atoms with Crippen LogP contribution in [-0.4, -0.2) is 29.9 Å². The van der Waals surface area contributed by atoms with Crippen LogP contribution in [0.3, 0.4) is 0 Å². The zero-order valence-corrected chi connectivity index (χ0v) is 15.6. The summed E-state index contributed by atoms with van der Waals surface area (Å²) in [5.41, 5.74) is 0.417. The van der Waals surface area contributed by atoms with E-state index in [1.54, 1.807) is 48.5 Å². The second kappa shape index (κ2) is 7.37. The second-order valence-corrected chi connectivity index (χ2v) is 6.78. The minimum Gasteiger partial charge on any atom is -0.494 e. The van der Waals surface area contributed by atoms with Gasteiger partial charge in [0, 0.05) is 17.7 Å². The van der Waals surface area contributed by atoms with Gasteiger partial charge in [0.15, 0.2) is 11.4 Å². The number of anilines is 1. The van der Waals surface area contributed by atoms with Crippen LogP contribution in [0, 0.1) is 0 Å². The molecule has 0 bridgehead atoms. The first-order valence-corrected chi connectivity index (χ1v) is 8.91.